The van der Waals surface area contributed by atoms with Gasteiger partial charge in [-0.05, 0) is 14.0 Å². The molecule has 0 radical (unpaired) electrons. The van der Waals surface area contributed by atoms with Crippen LogP contribution in [0.25, 0.3) is 0 Å². The topological polar surface area (TPSA) is 82.7 Å². The third kappa shape index (κ3) is 2.63. The number of nitrogens with zero attached hydrogens (tertiary/aromatic N) is 3. The number of aliphatic carboxylic acids is 1. The van der Waals surface area contributed by atoms with Gasteiger partial charge in [-0.15, -0.1) is 11.3 Å². The number of nitrogens with two attached hydrogens (primary N) is 1. The number of hydrogen-bond donors (Lipinski definition) is 2. The number of thiazole rings is 1. The first-order chi connectivity index (χ1) is 8.49. The number of carboxylic acids is 1. The highest BCUT2D eigenvalue weighted by molar-refractivity contribution is 7.13. The van der Waals surface area contributed by atoms with Crippen molar-refractivity contribution in [3.05, 3.63) is 11.1 Å². The number of piperazine rings is 1. The number of hydrogen-bond acceptors (Lipinski definition) is 6. The average molecular weight is 270 g/mol. The number of aromatic nitrogens is 1. The molecule has 0 aliphatic carbocycles. The molecule has 1 fully saturated rings. The molecule has 18 heavy (non-hydrogen) atoms. The van der Waals surface area contributed by atoms with Gasteiger partial charge in [-0.25, -0.2) is 4.98 Å². The molecule has 3 N–H and O–H groups in total. The summed E-state index contributed by atoms with van der Waals surface area (Å²) in [6.07, 6.45) is 0. The quantitative estimate of drug-likeness (QED) is 0.825. The Morgan fingerprint density at radius 3 is 3.00 bits per heavy atom. The molecule has 6 nitrogen and oxygen atoms in total. The van der Waals surface area contributed by atoms with Crippen molar-refractivity contribution in [1.29, 1.82) is 0 Å². The van der Waals surface area contributed by atoms with E-state index in [0.717, 1.165) is 24.8 Å². The van der Waals surface area contributed by atoms with E-state index in [-0.39, 0.29) is 0 Å². The molecule has 2 rings (SSSR count). The van der Waals surface area contributed by atoms with Gasteiger partial charge in [-0.2, -0.15) is 0 Å². The van der Waals surface area contributed by atoms with E-state index in [1.54, 1.807) is 5.38 Å². The SMILES string of the molecule is CC1CN(c2nc(C(N)C(=O)O)cs2)CCN1C. The summed E-state index contributed by atoms with van der Waals surface area (Å²) in [6.45, 7) is 4.98. The minimum absolute atomic E-state index is 0.439. The van der Waals surface area contributed by atoms with Crippen molar-refractivity contribution in [2.24, 2.45) is 5.73 Å². The second-order valence-corrected chi connectivity index (χ2v) is 5.48. The predicted molar refractivity (Wildman–Crippen MR) is 71.0 cm³/mol. The first kappa shape index (κ1) is 13.3. The summed E-state index contributed by atoms with van der Waals surface area (Å²) >= 11 is 1.46. The Morgan fingerprint density at radius 1 is 1.67 bits per heavy atom. The Hall–Kier alpha value is -1.18. The molecule has 2 heterocycles. The molecule has 7 heteroatoms. The second kappa shape index (κ2) is 5.21. The van der Waals surface area contributed by atoms with Crippen molar-refractivity contribution in [3.8, 4) is 0 Å². The van der Waals surface area contributed by atoms with Crippen molar-refractivity contribution in [2.75, 3.05) is 31.6 Å². The van der Waals surface area contributed by atoms with Crippen LogP contribution >= 0.6 is 11.3 Å². The van der Waals surface area contributed by atoms with Gasteiger partial charge < -0.3 is 20.6 Å². The highest BCUT2D eigenvalue weighted by atomic mass is 32.1. The van der Waals surface area contributed by atoms with E-state index in [4.69, 9.17) is 10.8 Å². The van der Waals surface area contributed by atoms with Gasteiger partial charge in [0.15, 0.2) is 5.13 Å². The molecule has 2 unspecified atom stereocenters. The van der Waals surface area contributed by atoms with Gasteiger partial charge >= 0.3 is 5.97 Å². The van der Waals surface area contributed by atoms with Crippen LogP contribution in [-0.4, -0.2) is 53.7 Å². The lowest BCUT2D eigenvalue weighted by atomic mass is 10.2. The van der Waals surface area contributed by atoms with E-state index in [9.17, 15) is 4.79 Å². The summed E-state index contributed by atoms with van der Waals surface area (Å²) in [6, 6.07) is -0.556. The summed E-state index contributed by atoms with van der Waals surface area (Å²) in [5, 5.41) is 11.4. The van der Waals surface area contributed by atoms with Gasteiger partial charge in [0, 0.05) is 31.1 Å². The Labute approximate surface area is 110 Å². The highest BCUT2D eigenvalue weighted by Gasteiger charge is 2.24. The molecule has 2 atom stereocenters. The molecular formula is C11H18N4O2S. The first-order valence-corrected chi connectivity index (χ1v) is 6.76. The minimum Gasteiger partial charge on any atom is -0.480 e. The second-order valence-electron chi connectivity index (χ2n) is 4.65. The minimum atomic E-state index is -1.04. The van der Waals surface area contributed by atoms with Crippen LogP contribution in [0.4, 0.5) is 5.13 Å². The fraction of sp³-hybridized carbons (Fsp3) is 0.636. The zero-order valence-corrected chi connectivity index (χ0v) is 11.4. The van der Waals surface area contributed by atoms with Gasteiger partial charge in [0.1, 0.15) is 6.04 Å². The van der Waals surface area contributed by atoms with Gasteiger partial charge in [0.05, 0.1) is 5.69 Å². The van der Waals surface area contributed by atoms with Crippen LogP contribution < -0.4 is 10.6 Å². The van der Waals surface area contributed by atoms with E-state index in [1.807, 2.05) is 0 Å². The van der Waals surface area contributed by atoms with Crippen LogP contribution in [-0.2, 0) is 4.79 Å². The van der Waals surface area contributed by atoms with Gasteiger partial charge in [-0.3, -0.25) is 4.79 Å². The molecule has 1 saturated heterocycles. The Bertz CT molecular complexity index is 436. The van der Waals surface area contributed by atoms with Crippen molar-refractivity contribution >= 4 is 22.4 Å². The maximum Gasteiger partial charge on any atom is 0.326 e. The number of likely N-dealkylation sites (N-methyl/N-ethyl adjacent to an activating group) is 1. The van der Waals surface area contributed by atoms with Gasteiger partial charge in [-0.1, -0.05) is 0 Å². The zero-order valence-electron chi connectivity index (χ0n) is 10.5. The van der Waals surface area contributed by atoms with Crippen molar-refractivity contribution in [3.63, 3.8) is 0 Å². The molecule has 1 aromatic rings. The number of carboxylic acid groups (broad SMARTS) is 1. The third-order valence-corrected chi connectivity index (χ3v) is 4.24. The summed E-state index contributed by atoms with van der Waals surface area (Å²) in [7, 11) is 2.11. The highest BCUT2D eigenvalue weighted by Crippen LogP contribution is 2.25. The lowest BCUT2D eigenvalue weighted by molar-refractivity contribution is -0.138. The van der Waals surface area contributed by atoms with Crippen molar-refractivity contribution < 1.29 is 9.90 Å². The molecule has 0 amide bonds. The largest absolute Gasteiger partial charge is 0.480 e. The normalized spacial score (nSPS) is 23.1. The van der Waals surface area contributed by atoms with E-state index in [1.165, 1.54) is 11.3 Å². The van der Waals surface area contributed by atoms with Crippen molar-refractivity contribution in [1.82, 2.24) is 9.88 Å². The number of rotatable bonds is 3. The number of carbonyl (C=O) groups is 1. The molecule has 1 aliphatic rings. The molecule has 0 bridgehead atoms. The monoisotopic (exact) mass is 270 g/mol. The van der Waals surface area contributed by atoms with Crippen LogP contribution in [0.5, 0.6) is 0 Å². The van der Waals surface area contributed by atoms with Crippen LogP contribution in [0.15, 0.2) is 5.38 Å². The van der Waals surface area contributed by atoms with E-state index < -0.39 is 12.0 Å². The first-order valence-electron chi connectivity index (χ1n) is 5.88. The lowest BCUT2D eigenvalue weighted by Gasteiger charge is -2.37. The Morgan fingerprint density at radius 2 is 2.39 bits per heavy atom. The molecule has 0 saturated carbocycles. The molecule has 1 aromatic heterocycles. The summed E-state index contributed by atoms with van der Waals surface area (Å²) < 4.78 is 0. The van der Waals surface area contributed by atoms with Gasteiger partial charge in [0.2, 0.25) is 0 Å². The summed E-state index contributed by atoms with van der Waals surface area (Å²) in [5.74, 6) is -1.04. The molecule has 0 aromatic carbocycles. The number of anilines is 1. The third-order valence-electron chi connectivity index (χ3n) is 3.32. The van der Waals surface area contributed by atoms with Crippen LogP contribution in [0.1, 0.15) is 18.7 Å². The van der Waals surface area contributed by atoms with Crippen LogP contribution in [0, 0.1) is 0 Å². The molecule has 1 aliphatic heterocycles. The molecule has 0 spiro atoms. The van der Waals surface area contributed by atoms with Crippen molar-refractivity contribution in [2.45, 2.75) is 19.0 Å². The summed E-state index contributed by atoms with van der Waals surface area (Å²) in [4.78, 5) is 19.6. The summed E-state index contributed by atoms with van der Waals surface area (Å²) in [5.41, 5.74) is 5.99. The lowest BCUT2D eigenvalue weighted by Crippen LogP contribution is -2.50. The predicted octanol–water partition coefficient (Wildman–Crippen LogP) is 0.368. The fourth-order valence-electron chi connectivity index (χ4n) is 1.91. The smallest absolute Gasteiger partial charge is 0.326 e. The Balaban J connectivity index is 2.08. The molecular weight excluding hydrogens is 252 g/mol. The standard InChI is InChI=1S/C11H18N4O2S/c1-7-5-15(4-3-14(7)2)11-13-8(6-18-11)9(12)10(16)17/h6-7,9H,3-5,12H2,1-2H3,(H,16,17). The van der Waals surface area contributed by atoms with E-state index in [2.05, 4.69) is 28.8 Å². The van der Waals surface area contributed by atoms with Gasteiger partial charge in [0.25, 0.3) is 0 Å². The van der Waals surface area contributed by atoms with E-state index in [0.29, 0.717) is 11.7 Å². The maximum atomic E-state index is 10.8. The fourth-order valence-corrected chi connectivity index (χ4v) is 2.81. The maximum absolute atomic E-state index is 10.8. The van der Waals surface area contributed by atoms with Crippen LogP contribution in [0.2, 0.25) is 0 Å². The van der Waals surface area contributed by atoms with Crippen LogP contribution in [0.3, 0.4) is 0 Å². The average Bonchev–Trinajstić information content (AvgIpc) is 2.81. The Kier molecular flexibility index (Phi) is 3.84. The van der Waals surface area contributed by atoms with E-state index >= 15 is 0 Å². The molecule has 100 valence electrons. The zero-order chi connectivity index (χ0) is 13.3.